The third-order valence-electron chi connectivity index (χ3n) is 4.44. The quantitative estimate of drug-likeness (QED) is 0.165. The third-order valence-corrected chi connectivity index (χ3v) is 5.35. The number of H-pyrrole nitrogens is 1. The minimum absolute atomic E-state index is 0.0267. The molecule has 30 heavy (non-hydrogen) atoms. The van der Waals surface area contributed by atoms with Gasteiger partial charge in [0.1, 0.15) is 11.0 Å². The maximum absolute atomic E-state index is 13.3. The van der Waals surface area contributed by atoms with Gasteiger partial charge >= 0.3 is 5.97 Å². The molecule has 0 aliphatic heterocycles. The number of ether oxygens (including phenoxy) is 1. The number of aromatic nitrogens is 3. The molecular formula is C20H16N4O5S. The topological polar surface area (TPSA) is 120 Å². The number of aromatic amines is 1. The van der Waals surface area contributed by atoms with Crippen LogP contribution in [0.4, 0.5) is 5.69 Å². The molecule has 9 nitrogen and oxygen atoms in total. The molecular weight excluding hydrogens is 408 g/mol. The van der Waals surface area contributed by atoms with E-state index in [9.17, 15) is 19.7 Å². The van der Waals surface area contributed by atoms with Crippen molar-refractivity contribution < 1.29 is 14.5 Å². The summed E-state index contributed by atoms with van der Waals surface area (Å²) in [6.45, 7) is 1.97. The molecule has 0 fully saturated rings. The summed E-state index contributed by atoms with van der Waals surface area (Å²) in [6, 6.07) is 13.0. The molecule has 2 aromatic carbocycles. The Kier molecular flexibility index (Phi) is 5.23. The SMILES string of the molecule is CCOC(=O)CSc1nc2c([nH]c3ccccc32)c(=O)n1-c1ccc([N+](=O)[O-])cc1. The van der Waals surface area contributed by atoms with Crippen LogP contribution in [0, 0.1) is 10.1 Å². The molecule has 4 rings (SSSR count). The molecule has 0 saturated carbocycles. The van der Waals surface area contributed by atoms with Gasteiger partial charge in [0.2, 0.25) is 0 Å². The van der Waals surface area contributed by atoms with Gasteiger partial charge in [0.25, 0.3) is 11.2 Å². The molecule has 0 atom stereocenters. The molecule has 2 heterocycles. The van der Waals surface area contributed by atoms with E-state index in [0.29, 0.717) is 21.9 Å². The number of thioether (sulfide) groups is 1. The third kappa shape index (κ3) is 3.52. The first kappa shape index (κ1) is 19.6. The normalized spacial score (nSPS) is 11.1. The van der Waals surface area contributed by atoms with Gasteiger partial charge in [-0.25, -0.2) is 4.98 Å². The van der Waals surface area contributed by atoms with Crippen molar-refractivity contribution in [3.05, 3.63) is 69.0 Å². The fourth-order valence-electron chi connectivity index (χ4n) is 3.12. The number of carbonyl (C=O) groups is 1. The van der Waals surface area contributed by atoms with Crippen molar-refractivity contribution >= 4 is 45.4 Å². The summed E-state index contributed by atoms with van der Waals surface area (Å²) in [5.74, 6) is -0.452. The van der Waals surface area contributed by atoms with Gasteiger partial charge in [0, 0.05) is 23.0 Å². The smallest absolute Gasteiger partial charge is 0.316 e. The monoisotopic (exact) mass is 424 g/mol. The number of hydrogen-bond donors (Lipinski definition) is 1. The van der Waals surface area contributed by atoms with Crippen molar-refractivity contribution in [2.24, 2.45) is 0 Å². The van der Waals surface area contributed by atoms with Gasteiger partial charge in [-0.2, -0.15) is 0 Å². The van der Waals surface area contributed by atoms with E-state index in [2.05, 4.69) is 9.97 Å². The second-order valence-corrected chi connectivity index (χ2v) is 7.24. The predicted octanol–water partition coefficient (Wildman–Crippen LogP) is 3.43. The molecule has 0 saturated heterocycles. The van der Waals surface area contributed by atoms with Crippen molar-refractivity contribution in [1.29, 1.82) is 0 Å². The van der Waals surface area contributed by atoms with Crippen molar-refractivity contribution in [2.75, 3.05) is 12.4 Å². The highest BCUT2D eigenvalue weighted by atomic mass is 32.2. The Hall–Kier alpha value is -3.66. The zero-order valence-electron chi connectivity index (χ0n) is 15.8. The summed E-state index contributed by atoms with van der Waals surface area (Å²) in [7, 11) is 0. The molecule has 0 aliphatic rings. The van der Waals surface area contributed by atoms with Gasteiger partial charge in [-0.15, -0.1) is 0 Å². The summed E-state index contributed by atoms with van der Waals surface area (Å²) in [4.78, 5) is 43.4. The zero-order valence-corrected chi connectivity index (χ0v) is 16.6. The summed E-state index contributed by atoms with van der Waals surface area (Å²) in [5.41, 5.74) is 1.53. The van der Waals surface area contributed by atoms with Crippen molar-refractivity contribution in [1.82, 2.24) is 14.5 Å². The second kappa shape index (κ2) is 7.99. The molecule has 0 amide bonds. The average Bonchev–Trinajstić information content (AvgIpc) is 3.12. The standard InChI is InChI=1S/C20H16N4O5S/c1-2-29-16(25)11-30-20-22-17-14-5-3-4-6-15(14)21-18(17)19(26)23(20)12-7-9-13(10-8-12)24(27)28/h3-10,21H,2,11H2,1H3. The van der Waals surface area contributed by atoms with E-state index in [-0.39, 0.29) is 23.6 Å². The molecule has 152 valence electrons. The Bertz CT molecular complexity index is 1330. The fraction of sp³-hybridized carbons (Fsp3) is 0.150. The number of esters is 1. The maximum Gasteiger partial charge on any atom is 0.316 e. The highest BCUT2D eigenvalue weighted by molar-refractivity contribution is 7.99. The number of benzene rings is 2. The molecule has 0 unspecified atom stereocenters. The minimum atomic E-state index is -0.512. The Morgan fingerprint density at radius 3 is 2.67 bits per heavy atom. The number of hydrogen-bond acceptors (Lipinski definition) is 7. The van der Waals surface area contributed by atoms with Crippen LogP contribution >= 0.6 is 11.8 Å². The number of nitrogens with one attached hydrogen (secondary N) is 1. The van der Waals surface area contributed by atoms with E-state index in [1.165, 1.54) is 28.8 Å². The van der Waals surface area contributed by atoms with E-state index in [1.807, 2.05) is 24.3 Å². The number of rotatable bonds is 6. The van der Waals surface area contributed by atoms with Gasteiger partial charge < -0.3 is 9.72 Å². The molecule has 10 heteroatoms. The average molecular weight is 424 g/mol. The summed E-state index contributed by atoms with van der Waals surface area (Å²) in [6.07, 6.45) is 0. The summed E-state index contributed by atoms with van der Waals surface area (Å²) in [5, 5.41) is 12.0. The van der Waals surface area contributed by atoms with Crippen LogP contribution < -0.4 is 5.56 Å². The van der Waals surface area contributed by atoms with Crippen LogP contribution in [-0.4, -0.2) is 37.8 Å². The summed E-state index contributed by atoms with van der Waals surface area (Å²) < 4.78 is 6.31. The Labute approximate surface area is 173 Å². The first-order chi connectivity index (χ1) is 14.5. The molecule has 0 bridgehead atoms. The van der Waals surface area contributed by atoms with E-state index >= 15 is 0 Å². The van der Waals surface area contributed by atoms with E-state index in [4.69, 9.17) is 4.74 Å². The van der Waals surface area contributed by atoms with Crippen LogP contribution in [0.25, 0.3) is 27.6 Å². The minimum Gasteiger partial charge on any atom is -0.465 e. The van der Waals surface area contributed by atoms with Gasteiger partial charge in [-0.05, 0) is 25.1 Å². The van der Waals surface area contributed by atoms with Crippen LogP contribution in [0.15, 0.2) is 58.5 Å². The Morgan fingerprint density at radius 1 is 1.23 bits per heavy atom. The Balaban J connectivity index is 1.91. The van der Waals surface area contributed by atoms with Crippen molar-refractivity contribution in [3.8, 4) is 5.69 Å². The Morgan fingerprint density at radius 2 is 1.97 bits per heavy atom. The molecule has 2 aromatic heterocycles. The first-order valence-electron chi connectivity index (χ1n) is 9.06. The van der Waals surface area contributed by atoms with E-state index < -0.39 is 10.9 Å². The van der Waals surface area contributed by atoms with E-state index in [1.54, 1.807) is 6.92 Å². The number of nitro benzene ring substituents is 1. The van der Waals surface area contributed by atoms with Crippen molar-refractivity contribution in [3.63, 3.8) is 0 Å². The van der Waals surface area contributed by atoms with Gasteiger partial charge in [0.15, 0.2) is 5.16 Å². The van der Waals surface area contributed by atoms with Crippen LogP contribution in [0.5, 0.6) is 0 Å². The number of para-hydroxylation sites is 1. The van der Waals surface area contributed by atoms with Crippen LogP contribution in [0.3, 0.4) is 0 Å². The number of carbonyl (C=O) groups excluding carboxylic acids is 1. The lowest BCUT2D eigenvalue weighted by Crippen LogP contribution is -2.22. The van der Waals surface area contributed by atoms with E-state index in [0.717, 1.165) is 22.7 Å². The lowest BCUT2D eigenvalue weighted by Gasteiger charge is -2.12. The fourth-order valence-corrected chi connectivity index (χ4v) is 3.92. The van der Waals surface area contributed by atoms with Crippen molar-refractivity contribution in [2.45, 2.75) is 12.1 Å². The molecule has 4 aromatic rings. The predicted molar refractivity (Wildman–Crippen MR) is 113 cm³/mol. The lowest BCUT2D eigenvalue weighted by atomic mass is 10.2. The highest BCUT2D eigenvalue weighted by Crippen LogP contribution is 2.27. The largest absolute Gasteiger partial charge is 0.465 e. The second-order valence-electron chi connectivity index (χ2n) is 6.30. The van der Waals surface area contributed by atoms with Gasteiger partial charge in [0.05, 0.1) is 23.0 Å². The number of nitro groups is 1. The number of fused-ring (bicyclic) bond motifs is 3. The van der Waals surface area contributed by atoms with Gasteiger partial charge in [-0.3, -0.25) is 24.3 Å². The molecule has 0 radical (unpaired) electrons. The van der Waals surface area contributed by atoms with Gasteiger partial charge in [-0.1, -0.05) is 30.0 Å². The molecule has 0 aliphatic carbocycles. The number of non-ortho nitro benzene ring substituents is 1. The lowest BCUT2D eigenvalue weighted by molar-refractivity contribution is -0.384. The number of nitrogens with zero attached hydrogens (tertiary/aromatic N) is 3. The van der Waals surface area contributed by atoms with Crippen LogP contribution in [0.2, 0.25) is 0 Å². The van der Waals surface area contributed by atoms with Crippen LogP contribution in [0.1, 0.15) is 6.92 Å². The summed E-state index contributed by atoms with van der Waals surface area (Å²) >= 11 is 1.07. The highest BCUT2D eigenvalue weighted by Gasteiger charge is 2.19. The molecule has 0 spiro atoms. The zero-order chi connectivity index (χ0) is 21.3. The molecule has 1 N–H and O–H groups in total. The maximum atomic E-state index is 13.3. The van der Waals surface area contributed by atoms with Crippen LogP contribution in [-0.2, 0) is 9.53 Å². The first-order valence-corrected chi connectivity index (χ1v) is 10.0.